The number of hydrogen-bond donors (Lipinski definition) is 1. The van der Waals surface area contributed by atoms with Crippen LogP contribution in [0.2, 0.25) is 0 Å². The zero-order valence-corrected chi connectivity index (χ0v) is 9.93. The largest absolute Gasteiger partial charge is 0.378 e. The molecule has 1 aliphatic rings. The molecule has 1 fully saturated rings. The molecule has 1 saturated heterocycles. The lowest BCUT2D eigenvalue weighted by molar-refractivity contribution is 0.0133. The summed E-state index contributed by atoms with van der Waals surface area (Å²) in [6.07, 6.45) is 9.57. The maximum absolute atomic E-state index is 5.52. The maximum atomic E-state index is 5.52. The van der Waals surface area contributed by atoms with E-state index in [9.17, 15) is 0 Å². The van der Waals surface area contributed by atoms with Gasteiger partial charge in [-0.2, -0.15) is 0 Å². The monoisotopic (exact) mass is 223 g/mol. The highest BCUT2D eigenvalue weighted by atomic mass is 16.5. The molecular weight excluding hydrogens is 202 g/mol. The van der Waals surface area contributed by atoms with Gasteiger partial charge in [-0.05, 0) is 32.7 Å². The summed E-state index contributed by atoms with van der Waals surface area (Å²) in [6, 6.07) is 0.645. The number of rotatable bonds is 5. The van der Waals surface area contributed by atoms with E-state index in [1.54, 1.807) is 0 Å². The number of imidazole rings is 1. The summed E-state index contributed by atoms with van der Waals surface area (Å²) >= 11 is 0. The van der Waals surface area contributed by atoms with Crippen LogP contribution in [0, 0.1) is 0 Å². The average molecular weight is 223 g/mol. The van der Waals surface area contributed by atoms with Crippen LogP contribution >= 0.6 is 0 Å². The fourth-order valence-corrected chi connectivity index (χ4v) is 2.17. The molecule has 0 spiro atoms. The summed E-state index contributed by atoms with van der Waals surface area (Å²) in [5.41, 5.74) is 0. The minimum atomic E-state index is 0.417. The molecule has 4 nitrogen and oxygen atoms in total. The smallest absolute Gasteiger partial charge is 0.0945 e. The Hall–Kier alpha value is -0.870. The molecule has 1 aromatic heterocycles. The van der Waals surface area contributed by atoms with Gasteiger partial charge in [-0.15, -0.1) is 0 Å². The standard InChI is InChI=1S/C12H21N3O/c1-11-9-12(3-8-16-11)14-4-2-6-15-7-5-13-10-15/h5,7,10-12,14H,2-4,6,8-9H2,1H3. The van der Waals surface area contributed by atoms with Crippen molar-refractivity contribution in [2.45, 2.75) is 44.9 Å². The van der Waals surface area contributed by atoms with Crippen LogP contribution in [-0.4, -0.2) is 34.8 Å². The third kappa shape index (κ3) is 3.61. The molecule has 0 aliphatic carbocycles. The molecule has 0 radical (unpaired) electrons. The van der Waals surface area contributed by atoms with Crippen molar-refractivity contribution in [2.24, 2.45) is 0 Å². The van der Waals surface area contributed by atoms with Gasteiger partial charge in [-0.3, -0.25) is 0 Å². The molecule has 16 heavy (non-hydrogen) atoms. The number of hydrogen-bond acceptors (Lipinski definition) is 3. The number of ether oxygens (including phenoxy) is 1. The van der Waals surface area contributed by atoms with Crippen LogP contribution in [-0.2, 0) is 11.3 Å². The predicted octanol–water partition coefficient (Wildman–Crippen LogP) is 1.43. The maximum Gasteiger partial charge on any atom is 0.0945 e. The first kappa shape index (κ1) is 11.6. The fourth-order valence-electron chi connectivity index (χ4n) is 2.17. The molecule has 2 heterocycles. The van der Waals surface area contributed by atoms with Gasteiger partial charge in [-0.25, -0.2) is 4.98 Å². The van der Waals surface area contributed by atoms with Crippen LogP contribution < -0.4 is 5.32 Å². The highest BCUT2D eigenvalue weighted by molar-refractivity contribution is 4.76. The topological polar surface area (TPSA) is 39.1 Å². The lowest BCUT2D eigenvalue weighted by atomic mass is 10.0. The molecular formula is C12H21N3O. The van der Waals surface area contributed by atoms with Gasteiger partial charge in [-0.1, -0.05) is 0 Å². The summed E-state index contributed by atoms with van der Waals surface area (Å²) in [5.74, 6) is 0. The zero-order valence-electron chi connectivity index (χ0n) is 9.93. The molecule has 2 rings (SSSR count). The van der Waals surface area contributed by atoms with Crippen molar-refractivity contribution in [1.29, 1.82) is 0 Å². The van der Waals surface area contributed by atoms with Crippen molar-refractivity contribution in [3.63, 3.8) is 0 Å². The molecule has 1 aliphatic heterocycles. The predicted molar refractivity (Wildman–Crippen MR) is 63.3 cm³/mol. The fraction of sp³-hybridized carbons (Fsp3) is 0.750. The van der Waals surface area contributed by atoms with Gasteiger partial charge in [0.25, 0.3) is 0 Å². The van der Waals surface area contributed by atoms with Crippen molar-refractivity contribution < 1.29 is 4.74 Å². The summed E-state index contributed by atoms with van der Waals surface area (Å²) in [4.78, 5) is 4.03. The van der Waals surface area contributed by atoms with Crippen LogP contribution in [0.3, 0.4) is 0 Å². The van der Waals surface area contributed by atoms with Gasteiger partial charge in [0.1, 0.15) is 0 Å². The molecule has 0 saturated carbocycles. The first-order valence-corrected chi connectivity index (χ1v) is 6.15. The van der Waals surface area contributed by atoms with E-state index >= 15 is 0 Å². The molecule has 90 valence electrons. The van der Waals surface area contributed by atoms with Crippen molar-refractivity contribution >= 4 is 0 Å². The van der Waals surface area contributed by atoms with E-state index in [-0.39, 0.29) is 0 Å². The highest BCUT2D eigenvalue weighted by Crippen LogP contribution is 2.12. The molecule has 1 aromatic rings. The number of aromatic nitrogens is 2. The van der Waals surface area contributed by atoms with Gasteiger partial charge < -0.3 is 14.6 Å². The molecule has 0 amide bonds. The van der Waals surface area contributed by atoms with Gasteiger partial charge in [0.15, 0.2) is 0 Å². The van der Waals surface area contributed by atoms with E-state index in [1.165, 1.54) is 0 Å². The van der Waals surface area contributed by atoms with E-state index in [0.717, 1.165) is 39.0 Å². The van der Waals surface area contributed by atoms with E-state index in [4.69, 9.17) is 4.74 Å². The lowest BCUT2D eigenvalue weighted by Crippen LogP contribution is -2.38. The Kier molecular flexibility index (Phi) is 4.36. The minimum Gasteiger partial charge on any atom is -0.378 e. The molecule has 2 unspecified atom stereocenters. The summed E-state index contributed by atoms with van der Waals surface area (Å²) < 4.78 is 7.64. The van der Waals surface area contributed by atoms with Crippen molar-refractivity contribution in [1.82, 2.24) is 14.9 Å². The summed E-state index contributed by atoms with van der Waals surface area (Å²) in [6.45, 7) is 5.18. The third-order valence-corrected chi connectivity index (χ3v) is 3.07. The summed E-state index contributed by atoms with van der Waals surface area (Å²) in [7, 11) is 0. The lowest BCUT2D eigenvalue weighted by Gasteiger charge is -2.28. The highest BCUT2D eigenvalue weighted by Gasteiger charge is 2.17. The van der Waals surface area contributed by atoms with Crippen LogP contribution in [0.1, 0.15) is 26.2 Å². The second-order valence-electron chi connectivity index (χ2n) is 4.51. The molecule has 1 N–H and O–H groups in total. The molecule has 2 atom stereocenters. The normalized spacial score (nSPS) is 25.8. The quantitative estimate of drug-likeness (QED) is 0.768. The van der Waals surface area contributed by atoms with E-state index in [0.29, 0.717) is 12.1 Å². The van der Waals surface area contributed by atoms with E-state index in [1.807, 2.05) is 18.7 Å². The Balaban J connectivity index is 1.57. The number of nitrogens with one attached hydrogen (secondary N) is 1. The SMILES string of the molecule is CC1CC(NCCCn2ccnc2)CCO1. The van der Waals surface area contributed by atoms with Gasteiger partial charge in [0, 0.05) is 31.6 Å². The first-order valence-electron chi connectivity index (χ1n) is 6.15. The van der Waals surface area contributed by atoms with Gasteiger partial charge >= 0.3 is 0 Å². The third-order valence-electron chi connectivity index (χ3n) is 3.07. The second-order valence-corrected chi connectivity index (χ2v) is 4.51. The Morgan fingerprint density at radius 2 is 2.50 bits per heavy atom. The van der Waals surface area contributed by atoms with Crippen molar-refractivity contribution in [3.8, 4) is 0 Å². The number of aryl methyl sites for hydroxylation is 1. The van der Waals surface area contributed by atoms with Crippen LogP contribution in [0.5, 0.6) is 0 Å². The minimum absolute atomic E-state index is 0.417. The van der Waals surface area contributed by atoms with Gasteiger partial charge in [0.2, 0.25) is 0 Å². The Labute approximate surface area is 97.0 Å². The molecule has 0 bridgehead atoms. The van der Waals surface area contributed by atoms with E-state index in [2.05, 4.69) is 21.8 Å². The molecule has 0 aromatic carbocycles. The van der Waals surface area contributed by atoms with Crippen LogP contribution in [0.4, 0.5) is 0 Å². The van der Waals surface area contributed by atoms with Gasteiger partial charge in [0.05, 0.1) is 12.4 Å². The zero-order chi connectivity index (χ0) is 11.2. The Morgan fingerprint density at radius 1 is 1.56 bits per heavy atom. The van der Waals surface area contributed by atoms with Crippen LogP contribution in [0.15, 0.2) is 18.7 Å². The van der Waals surface area contributed by atoms with E-state index < -0.39 is 0 Å². The summed E-state index contributed by atoms with van der Waals surface area (Å²) in [5, 5.41) is 3.60. The average Bonchev–Trinajstić information content (AvgIpc) is 2.77. The Bertz CT molecular complexity index is 286. The first-order chi connectivity index (χ1) is 7.84. The van der Waals surface area contributed by atoms with Crippen molar-refractivity contribution in [2.75, 3.05) is 13.2 Å². The van der Waals surface area contributed by atoms with Crippen molar-refractivity contribution in [3.05, 3.63) is 18.7 Å². The van der Waals surface area contributed by atoms with Crippen LogP contribution in [0.25, 0.3) is 0 Å². The second kappa shape index (κ2) is 6.01. The Morgan fingerprint density at radius 3 is 3.25 bits per heavy atom. The molecule has 4 heteroatoms. The number of nitrogens with zero attached hydrogens (tertiary/aromatic N) is 2.